The van der Waals surface area contributed by atoms with Gasteiger partial charge >= 0.3 is 0 Å². The molecule has 2 heterocycles. The van der Waals surface area contributed by atoms with Gasteiger partial charge in [-0.15, -0.1) is 0 Å². The van der Waals surface area contributed by atoms with Crippen molar-refractivity contribution in [3.8, 4) is 5.75 Å². The van der Waals surface area contributed by atoms with Gasteiger partial charge in [-0.2, -0.15) is 5.10 Å². The average molecular weight is 338 g/mol. The van der Waals surface area contributed by atoms with Gasteiger partial charge < -0.3 is 4.74 Å². The molecule has 0 aliphatic heterocycles. The molecule has 20 heavy (non-hydrogen) atoms. The van der Waals surface area contributed by atoms with Crippen molar-refractivity contribution in [2.45, 2.75) is 26.8 Å². The Balaban J connectivity index is 2.33. The van der Waals surface area contributed by atoms with Crippen LogP contribution >= 0.6 is 15.9 Å². The minimum atomic E-state index is -0.0143. The summed E-state index contributed by atoms with van der Waals surface area (Å²) in [5.74, 6) is 0.479. The number of halogens is 1. The van der Waals surface area contributed by atoms with E-state index in [9.17, 15) is 4.79 Å². The van der Waals surface area contributed by atoms with Gasteiger partial charge in [0.1, 0.15) is 5.75 Å². The van der Waals surface area contributed by atoms with E-state index < -0.39 is 0 Å². The van der Waals surface area contributed by atoms with Crippen LogP contribution in [0.4, 0.5) is 0 Å². The summed E-state index contributed by atoms with van der Waals surface area (Å²) in [4.78, 5) is 16.4. The Morgan fingerprint density at radius 3 is 2.90 bits per heavy atom. The van der Waals surface area contributed by atoms with Crippen LogP contribution in [0.5, 0.6) is 5.75 Å². The molecule has 2 aromatic heterocycles. The number of Topliss-reactive ketones (excluding diaryl/α,β-unsaturated/α-hetero) is 1. The van der Waals surface area contributed by atoms with Crippen LogP contribution in [0.3, 0.4) is 0 Å². The van der Waals surface area contributed by atoms with Gasteiger partial charge in [0.05, 0.1) is 41.2 Å². The van der Waals surface area contributed by atoms with Crippen molar-refractivity contribution in [1.82, 2.24) is 14.8 Å². The molecule has 5 nitrogen and oxygen atoms in total. The van der Waals surface area contributed by atoms with Crippen LogP contribution in [0.25, 0.3) is 0 Å². The largest absolute Gasteiger partial charge is 0.494 e. The molecule has 0 aliphatic carbocycles. The van der Waals surface area contributed by atoms with Crippen molar-refractivity contribution >= 4 is 21.7 Å². The maximum atomic E-state index is 12.5. The maximum Gasteiger partial charge on any atom is 0.172 e. The summed E-state index contributed by atoms with van der Waals surface area (Å²) in [5.41, 5.74) is 2.31. The zero-order valence-corrected chi connectivity index (χ0v) is 13.3. The summed E-state index contributed by atoms with van der Waals surface area (Å²) in [5, 5.41) is 4.39. The number of rotatable bonds is 5. The monoisotopic (exact) mass is 337 g/mol. The fraction of sp³-hybridized carbons (Fsp3) is 0.357. The van der Waals surface area contributed by atoms with E-state index in [1.54, 1.807) is 18.5 Å². The first-order valence-electron chi connectivity index (χ1n) is 6.31. The van der Waals surface area contributed by atoms with Crippen molar-refractivity contribution in [3.63, 3.8) is 0 Å². The Labute approximate surface area is 126 Å². The number of methoxy groups -OCH3 is 1. The van der Waals surface area contributed by atoms with Crippen LogP contribution < -0.4 is 4.74 Å². The fourth-order valence-electron chi connectivity index (χ4n) is 2.06. The van der Waals surface area contributed by atoms with Crippen molar-refractivity contribution < 1.29 is 9.53 Å². The second kappa shape index (κ2) is 6.17. The first kappa shape index (κ1) is 14.7. The lowest BCUT2D eigenvalue weighted by molar-refractivity contribution is 0.0987. The molecule has 0 saturated carbocycles. The number of ether oxygens (including phenoxy) is 1. The minimum Gasteiger partial charge on any atom is -0.494 e. The Hall–Kier alpha value is -1.69. The lowest BCUT2D eigenvalue weighted by atomic mass is 10.1. The summed E-state index contributed by atoms with van der Waals surface area (Å²) in [6.45, 7) is 4.64. The molecule has 0 amide bonds. The van der Waals surface area contributed by atoms with E-state index in [4.69, 9.17) is 4.74 Å². The molecule has 6 heteroatoms. The zero-order valence-electron chi connectivity index (χ0n) is 11.7. The molecule has 0 aliphatic rings. The standard InChI is InChI=1S/C14H16BrN3O2/c1-4-18-11(14(15)9(2)17-18)7-12(19)10-5-6-16-8-13(10)20-3/h5-6,8H,4,7H2,1-3H3. The molecule has 106 valence electrons. The number of hydrogen-bond acceptors (Lipinski definition) is 4. The van der Waals surface area contributed by atoms with E-state index in [-0.39, 0.29) is 12.2 Å². The molecule has 0 spiro atoms. The molecule has 0 bridgehead atoms. The average Bonchev–Trinajstić information content (AvgIpc) is 2.74. The van der Waals surface area contributed by atoms with Crippen molar-refractivity contribution in [2.24, 2.45) is 0 Å². The molecule has 0 radical (unpaired) electrons. The molecular weight excluding hydrogens is 322 g/mol. The normalized spacial score (nSPS) is 10.6. The Kier molecular flexibility index (Phi) is 4.54. The van der Waals surface area contributed by atoms with Crippen LogP contribution in [-0.4, -0.2) is 27.7 Å². The lowest BCUT2D eigenvalue weighted by Gasteiger charge is -2.08. The number of ketones is 1. The van der Waals surface area contributed by atoms with Crippen LogP contribution in [-0.2, 0) is 13.0 Å². The van der Waals surface area contributed by atoms with Gasteiger partial charge in [0, 0.05) is 12.7 Å². The summed E-state index contributed by atoms with van der Waals surface area (Å²) >= 11 is 3.50. The highest BCUT2D eigenvalue weighted by Crippen LogP contribution is 2.24. The van der Waals surface area contributed by atoms with Crippen molar-refractivity contribution in [2.75, 3.05) is 7.11 Å². The topological polar surface area (TPSA) is 57.0 Å². The van der Waals surface area contributed by atoms with Crippen LogP contribution in [0.1, 0.15) is 28.7 Å². The van der Waals surface area contributed by atoms with Crippen LogP contribution in [0.15, 0.2) is 22.9 Å². The molecule has 2 rings (SSSR count). The SMILES string of the molecule is CCn1nc(C)c(Br)c1CC(=O)c1ccncc1OC. The Morgan fingerprint density at radius 2 is 2.25 bits per heavy atom. The highest BCUT2D eigenvalue weighted by Gasteiger charge is 2.19. The molecule has 0 N–H and O–H groups in total. The number of hydrogen-bond donors (Lipinski definition) is 0. The van der Waals surface area contributed by atoms with E-state index >= 15 is 0 Å². The number of nitrogens with zero attached hydrogens (tertiary/aromatic N) is 3. The van der Waals surface area contributed by atoms with Gasteiger partial charge in [-0.3, -0.25) is 14.5 Å². The molecular formula is C14H16BrN3O2. The third kappa shape index (κ3) is 2.75. The molecule has 2 aromatic rings. The third-order valence-electron chi connectivity index (χ3n) is 3.09. The molecule has 0 fully saturated rings. The highest BCUT2D eigenvalue weighted by molar-refractivity contribution is 9.10. The van der Waals surface area contributed by atoms with Crippen LogP contribution in [0, 0.1) is 6.92 Å². The molecule has 0 atom stereocenters. The van der Waals surface area contributed by atoms with Gasteiger partial charge in [-0.05, 0) is 35.8 Å². The first-order valence-corrected chi connectivity index (χ1v) is 7.10. The predicted octanol–water partition coefficient (Wildman–Crippen LogP) is 2.80. The van der Waals surface area contributed by atoms with E-state index in [2.05, 4.69) is 26.0 Å². The number of aromatic nitrogens is 3. The minimum absolute atomic E-state index is 0.0143. The van der Waals surface area contributed by atoms with E-state index in [0.717, 1.165) is 22.4 Å². The fourth-order valence-corrected chi connectivity index (χ4v) is 2.48. The quantitative estimate of drug-likeness (QED) is 0.787. The lowest BCUT2D eigenvalue weighted by Crippen LogP contribution is -2.11. The maximum absolute atomic E-state index is 12.5. The second-order valence-corrected chi connectivity index (χ2v) is 5.13. The second-order valence-electron chi connectivity index (χ2n) is 4.34. The summed E-state index contributed by atoms with van der Waals surface area (Å²) in [6, 6.07) is 1.68. The van der Waals surface area contributed by atoms with Gasteiger partial charge in [-0.1, -0.05) is 0 Å². The first-order chi connectivity index (χ1) is 9.58. The third-order valence-corrected chi connectivity index (χ3v) is 4.12. The van der Waals surface area contributed by atoms with E-state index in [1.807, 2.05) is 18.5 Å². The van der Waals surface area contributed by atoms with E-state index in [0.29, 0.717) is 11.3 Å². The summed E-state index contributed by atoms with van der Waals surface area (Å²) in [6.07, 6.45) is 3.41. The number of carbonyl (C=O) groups excluding carboxylic acids is 1. The summed E-state index contributed by atoms with van der Waals surface area (Å²) in [7, 11) is 1.53. The van der Waals surface area contributed by atoms with Gasteiger partial charge in [0.15, 0.2) is 5.78 Å². The highest BCUT2D eigenvalue weighted by atomic mass is 79.9. The smallest absolute Gasteiger partial charge is 0.172 e. The van der Waals surface area contributed by atoms with Crippen molar-refractivity contribution in [3.05, 3.63) is 39.9 Å². The van der Waals surface area contributed by atoms with Gasteiger partial charge in [0.2, 0.25) is 0 Å². The van der Waals surface area contributed by atoms with E-state index in [1.165, 1.54) is 7.11 Å². The Morgan fingerprint density at radius 1 is 1.50 bits per heavy atom. The van der Waals surface area contributed by atoms with Crippen molar-refractivity contribution in [1.29, 1.82) is 0 Å². The molecule has 0 saturated heterocycles. The number of carbonyl (C=O) groups is 1. The number of aryl methyl sites for hydroxylation is 2. The van der Waals surface area contributed by atoms with Gasteiger partial charge in [-0.25, -0.2) is 0 Å². The zero-order chi connectivity index (χ0) is 14.7. The number of pyridine rings is 1. The Bertz CT molecular complexity index is 637. The molecule has 0 unspecified atom stereocenters. The van der Waals surface area contributed by atoms with Gasteiger partial charge in [0.25, 0.3) is 0 Å². The molecule has 0 aromatic carbocycles. The van der Waals surface area contributed by atoms with Crippen LogP contribution in [0.2, 0.25) is 0 Å². The summed E-state index contributed by atoms with van der Waals surface area (Å²) < 4.78 is 7.91. The predicted molar refractivity (Wildman–Crippen MR) is 79.2 cm³/mol.